The van der Waals surface area contributed by atoms with E-state index >= 15 is 0 Å². The number of esters is 1. The van der Waals surface area contributed by atoms with Gasteiger partial charge in [-0.2, -0.15) is 5.06 Å². The van der Waals surface area contributed by atoms with Crippen LogP contribution < -0.4 is 0 Å². The van der Waals surface area contributed by atoms with E-state index in [2.05, 4.69) is 0 Å². The van der Waals surface area contributed by atoms with E-state index < -0.39 is 22.4 Å². The standard InChI is InChI=1S/C7H9B2NO3/c1-5-3-6(5,2)13-4(11)7(8,9)10(5)12/h12H,3H2,1-2H3/t5-,6?/m0/s1. The number of carbonyl (C=O) groups excluding carboxylic acids is 1. The summed E-state index contributed by atoms with van der Waals surface area (Å²) in [5.41, 5.74) is -1.30. The van der Waals surface area contributed by atoms with E-state index in [9.17, 15) is 10.0 Å². The molecule has 0 aromatic carbocycles. The molecule has 0 bridgehead atoms. The number of hydrogen-bond donors (Lipinski definition) is 1. The Labute approximate surface area is 79.0 Å². The lowest BCUT2D eigenvalue weighted by Gasteiger charge is -2.43. The molecule has 6 heteroatoms. The van der Waals surface area contributed by atoms with Crippen LogP contribution in [0.4, 0.5) is 0 Å². The molecule has 0 aromatic heterocycles. The summed E-state index contributed by atoms with van der Waals surface area (Å²) in [5, 5.41) is 8.40. The van der Waals surface area contributed by atoms with Gasteiger partial charge in [-0.15, -0.1) is 0 Å². The molecule has 1 unspecified atom stereocenters. The minimum Gasteiger partial charge on any atom is -0.457 e. The van der Waals surface area contributed by atoms with Crippen molar-refractivity contribution in [2.45, 2.75) is 36.7 Å². The highest BCUT2D eigenvalue weighted by atomic mass is 16.6. The van der Waals surface area contributed by atoms with Gasteiger partial charge in [0.2, 0.25) is 0 Å². The average molecular weight is 177 g/mol. The molecule has 1 saturated carbocycles. The summed E-state index contributed by atoms with van der Waals surface area (Å²) in [6.07, 6.45) is 0.540. The second-order valence-corrected chi connectivity index (χ2v) is 4.21. The third kappa shape index (κ3) is 0.827. The fourth-order valence-corrected chi connectivity index (χ4v) is 1.84. The Hall–Kier alpha value is -0.480. The Morgan fingerprint density at radius 2 is 2.08 bits per heavy atom. The zero-order valence-electron chi connectivity index (χ0n) is 7.57. The van der Waals surface area contributed by atoms with Crippen molar-refractivity contribution in [2.75, 3.05) is 0 Å². The fraction of sp³-hybridized carbons (Fsp3) is 0.857. The van der Waals surface area contributed by atoms with Crippen LogP contribution >= 0.6 is 0 Å². The molecule has 4 radical (unpaired) electrons. The number of nitrogens with zero attached hydrogens (tertiary/aromatic N) is 1. The second kappa shape index (κ2) is 1.96. The smallest absolute Gasteiger partial charge is 0.310 e. The first-order valence-electron chi connectivity index (χ1n) is 4.04. The molecule has 2 rings (SSSR count). The predicted molar refractivity (Wildman–Crippen MR) is 45.4 cm³/mol. The quantitative estimate of drug-likeness (QED) is 0.386. The van der Waals surface area contributed by atoms with E-state index in [1.54, 1.807) is 13.8 Å². The van der Waals surface area contributed by atoms with Crippen LogP contribution in [0.5, 0.6) is 0 Å². The number of ether oxygens (including phenoxy) is 1. The molecule has 1 aliphatic heterocycles. The van der Waals surface area contributed by atoms with Crippen LogP contribution in [0.25, 0.3) is 0 Å². The molecule has 66 valence electrons. The van der Waals surface area contributed by atoms with Crippen LogP contribution in [-0.2, 0) is 9.53 Å². The summed E-state index contributed by atoms with van der Waals surface area (Å²) in [4.78, 5) is 11.2. The lowest BCUT2D eigenvalue weighted by Crippen LogP contribution is -2.65. The maximum atomic E-state index is 11.2. The van der Waals surface area contributed by atoms with E-state index in [-0.39, 0.29) is 0 Å². The number of morpholine rings is 1. The van der Waals surface area contributed by atoms with Crippen LogP contribution in [0.1, 0.15) is 20.3 Å². The van der Waals surface area contributed by atoms with E-state index in [0.29, 0.717) is 11.5 Å². The van der Waals surface area contributed by atoms with Gasteiger partial charge in [0.15, 0.2) is 0 Å². The summed E-state index contributed by atoms with van der Waals surface area (Å²) < 4.78 is 5.05. The Morgan fingerprint density at radius 3 is 2.62 bits per heavy atom. The highest BCUT2D eigenvalue weighted by molar-refractivity contribution is 6.50. The summed E-state index contributed by atoms with van der Waals surface area (Å²) in [6, 6.07) is 0. The van der Waals surface area contributed by atoms with Crippen LogP contribution in [0.15, 0.2) is 0 Å². The van der Waals surface area contributed by atoms with Gasteiger partial charge in [0.25, 0.3) is 0 Å². The average Bonchev–Trinajstić information content (AvgIpc) is 2.52. The third-order valence-electron chi connectivity index (χ3n) is 3.16. The van der Waals surface area contributed by atoms with Gasteiger partial charge in [-0.3, -0.25) is 4.79 Å². The van der Waals surface area contributed by atoms with Crippen LogP contribution in [0.3, 0.4) is 0 Å². The summed E-state index contributed by atoms with van der Waals surface area (Å²) in [7, 11) is 10.8. The molecule has 2 atom stereocenters. The van der Waals surface area contributed by atoms with Crippen LogP contribution in [0.2, 0.25) is 0 Å². The van der Waals surface area contributed by atoms with E-state index in [1.165, 1.54) is 0 Å². The Balaban J connectivity index is 2.38. The molecule has 1 aliphatic carbocycles. The van der Waals surface area contributed by atoms with Crippen LogP contribution in [0, 0.1) is 0 Å². The molecule has 2 aliphatic rings. The predicted octanol–water partition coefficient (Wildman–Crippen LogP) is -0.854. The first kappa shape index (κ1) is 9.09. The number of carbonyl (C=O) groups is 1. The van der Waals surface area contributed by atoms with Gasteiger partial charge in [-0.25, -0.2) is 0 Å². The first-order chi connectivity index (χ1) is 5.74. The van der Waals surface area contributed by atoms with E-state index in [1.807, 2.05) is 0 Å². The summed E-state index contributed by atoms with van der Waals surface area (Å²) >= 11 is 0. The van der Waals surface area contributed by atoms with Crippen molar-refractivity contribution >= 4 is 21.7 Å². The molecule has 4 nitrogen and oxygen atoms in total. The van der Waals surface area contributed by atoms with Crippen molar-refractivity contribution in [1.82, 2.24) is 5.06 Å². The molecular formula is C7H9B2NO3. The van der Waals surface area contributed by atoms with E-state index in [0.717, 1.165) is 0 Å². The molecular weight excluding hydrogens is 168 g/mol. The zero-order chi connectivity index (χ0) is 10.1. The molecule has 1 N–H and O–H groups in total. The van der Waals surface area contributed by atoms with Crippen molar-refractivity contribution < 1.29 is 14.7 Å². The highest BCUT2D eigenvalue weighted by Gasteiger charge is 2.74. The number of hydrogen-bond acceptors (Lipinski definition) is 4. The SMILES string of the molecule is [B]C1([B])C(=O)OC2(C)C[C@]2(C)N1O. The van der Waals surface area contributed by atoms with Gasteiger partial charge >= 0.3 is 5.97 Å². The van der Waals surface area contributed by atoms with Crippen molar-refractivity contribution in [3.63, 3.8) is 0 Å². The maximum Gasteiger partial charge on any atom is 0.310 e. The van der Waals surface area contributed by atoms with Crippen molar-refractivity contribution in [2.24, 2.45) is 0 Å². The molecule has 0 spiro atoms. The second-order valence-electron chi connectivity index (χ2n) is 4.21. The Kier molecular flexibility index (Phi) is 1.37. The molecule has 1 heterocycles. The van der Waals surface area contributed by atoms with Gasteiger partial charge in [0.1, 0.15) is 21.3 Å². The Bertz CT molecular complexity index is 295. The minimum atomic E-state index is -1.93. The molecule has 0 amide bonds. The summed E-state index contributed by atoms with van der Waals surface area (Å²) in [5.74, 6) is -0.799. The van der Waals surface area contributed by atoms with Crippen molar-refractivity contribution in [3.8, 4) is 0 Å². The molecule has 1 saturated heterocycles. The van der Waals surface area contributed by atoms with Crippen LogP contribution in [-0.4, -0.2) is 48.4 Å². The van der Waals surface area contributed by atoms with Gasteiger partial charge in [-0.1, -0.05) is 0 Å². The lowest BCUT2D eigenvalue weighted by molar-refractivity contribution is -0.224. The zero-order valence-corrected chi connectivity index (χ0v) is 7.57. The maximum absolute atomic E-state index is 11.2. The molecule has 2 fully saturated rings. The monoisotopic (exact) mass is 177 g/mol. The Morgan fingerprint density at radius 1 is 1.54 bits per heavy atom. The number of rotatable bonds is 0. The fourth-order valence-electron chi connectivity index (χ4n) is 1.84. The largest absolute Gasteiger partial charge is 0.457 e. The van der Waals surface area contributed by atoms with Gasteiger partial charge in [0, 0.05) is 6.42 Å². The molecule has 13 heavy (non-hydrogen) atoms. The van der Waals surface area contributed by atoms with Gasteiger partial charge in [0.05, 0.1) is 10.9 Å². The third-order valence-corrected chi connectivity index (χ3v) is 3.16. The number of fused-ring (bicyclic) bond motifs is 1. The summed E-state index contributed by atoms with van der Waals surface area (Å²) in [6.45, 7) is 3.48. The van der Waals surface area contributed by atoms with Gasteiger partial charge < -0.3 is 9.94 Å². The highest BCUT2D eigenvalue weighted by Crippen LogP contribution is 2.58. The van der Waals surface area contributed by atoms with Gasteiger partial charge in [-0.05, 0) is 13.8 Å². The topological polar surface area (TPSA) is 49.8 Å². The van der Waals surface area contributed by atoms with E-state index in [4.69, 9.17) is 20.4 Å². The first-order valence-corrected chi connectivity index (χ1v) is 4.04. The van der Waals surface area contributed by atoms with Crippen molar-refractivity contribution in [3.05, 3.63) is 0 Å². The minimum absolute atomic E-state index is 0.540. The molecule has 0 aromatic rings. The normalized spacial score (nSPS) is 48.1. The lowest BCUT2D eigenvalue weighted by atomic mass is 9.60. The van der Waals surface area contributed by atoms with Crippen molar-refractivity contribution in [1.29, 1.82) is 0 Å². The number of hydroxylamine groups is 2.